The average molecular weight is 446 g/mol. The molecule has 0 atom stereocenters. The van der Waals surface area contributed by atoms with E-state index in [4.69, 9.17) is 14.4 Å². The molecule has 4 rings (SSSR count). The van der Waals surface area contributed by atoms with Gasteiger partial charge in [-0.25, -0.2) is 0 Å². The van der Waals surface area contributed by atoms with Gasteiger partial charge in [-0.2, -0.15) is 5.26 Å². The third-order valence-electron chi connectivity index (χ3n) is 4.40. The molecule has 0 radical (unpaired) electrons. The Labute approximate surface area is 188 Å². The molecule has 0 aliphatic heterocycles. The Balaban J connectivity index is 1.46. The van der Waals surface area contributed by atoms with Crippen molar-refractivity contribution in [3.63, 3.8) is 0 Å². The van der Waals surface area contributed by atoms with Crippen LogP contribution in [0.3, 0.4) is 0 Å². The molecule has 4 aromatic rings. The molecule has 2 aromatic heterocycles. The normalized spacial score (nSPS) is 10.5. The smallest absolute Gasteiger partial charge is 0.234 e. The van der Waals surface area contributed by atoms with Crippen LogP contribution in [0.25, 0.3) is 11.6 Å². The summed E-state index contributed by atoms with van der Waals surface area (Å²) in [4.78, 5) is 12.5. The zero-order chi connectivity index (χ0) is 22.2. The largest absolute Gasteiger partial charge is 0.479 e. The van der Waals surface area contributed by atoms with Crippen molar-refractivity contribution in [3.8, 4) is 23.4 Å². The molecule has 0 aliphatic rings. The van der Waals surface area contributed by atoms with Crippen molar-refractivity contribution in [1.29, 1.82) is 5.26 Å². The van der Waals surface area contributed by atoms with Crippen molar-refractivity contribution in [2.45, 2.75) is 11.7 Å². The van der Waals surface area contributed by atoms with Crippen LogP contribution in [0.1, 0.15) is 5.56 Å². The number of carbonyl (C=O) groups excluding carboxylic acids is 1. The summed E-state index contributed by atoms with van der Waals surface area (Å²) in [5.74, 6) is 1.68. The summed E-state index contributed by atoms with van der Waals surface area (Å²) in [6.07, 6.45) is 1.59. The number of ether oxygens (including phenoxy) is 1. The third kappa shape index (κ3) is 5.36. The first-order chi connectivity index (χ1) is 15.7. The van der Waals surface area contributed by atoms with Gasteiger partial charge in [-0.1, -0.05) is 48.2 Å². The van der Waals surface area contributed by atoms with Crippen LogP contribution in [0.5, 0.6) is 5.75 Å². The van der Waals surface area contributed by atoms with Crippen LogP contribution in [0.2, 0.25) is 0 Å². The Kier molecular flexibility index (Phi) is 6.84. The van der Waals surface area contributed by atoms with Crippen LogP contribution in [0.15, 0.2) is 82.6 Å². The Hall–Kier alpha value is -4.03. The number of hydrogen-bond acceptors (Lipinski definition) is 7. The molecule has 0 spiro atoms. The van der Waals surface area contributed by atoms with Crippen LogP contribution < -0.4 is 10.1 Å². The second kappa shape index (κ2) is 10.3. The monoisotopic (exact) mass is 445 g/mol. The predicted molar refractivity (Wildman–Crippen MR) is 120 cm³/mol. The molecule has 1 N–H and O–H groups in total. The van der Waals surface area contributed by atoms with Gasteiger partial charge in [0.1, 0.15) is 11.8 Å². The molecule has 0 fully saturated rings. The molecule has 0 bridgehead atoms. The maximum atomic E-state index is 12.5. The van der Waals surface area contributed by atoms with Crippen LogP contribution in [-0.4, -0.2) is 33.0 Å². The molecular weight excluding hydrogens is 426 g/mol. The number of carbonyl (C=O) groups is 1. The number of rotatable bonds is 9. The Bertz CT molecular complexity index is 1220. The van der Waals surface area contributed by atoms with E-state index in [0.717, 1.165) is 5.56 Å². The highest BCUT2D eigenvalue weighted by molar-refractivity contribution is 7.99. The van der Waals surface area contributed by atoms with Gasteiger partial charge in [0.05, 0.1) is 18.6 Å². The summed E-state index contributed by atoms with van der Waals surface area (Å²) in [7, 11) is 0. The number of amides is 1. The van der Waals surface area contributed by atoms with Gasteiger partial charge in [0, 0.05) is 11.8 Å². The second-order valence-corrected chi connectivity index (χ2v) is 7.61. The molecule has 160 valence electrons. The van der Waals surface area contributed by atoms with Crippen LogP contribution in [0.4, 0.5) is 5.69 Å². The summed E-state index contributed by atoms with van der Waals surface area (Å²) in [6, 6.07) is 22.4. The molecule has 1 amide bonds. The Morgan fingerprint density at radius 2 is 2.00 bits per heavy atom. The summed E-state index contributed by atoms with van der Waals surface area (Å²) >= 11 is 1.29. The third-order valence-corrected chi connectivity index (χ3v) is 5.36. The molecule has 32 heavy (non-hydrogen) atoms. The van der Waals surface area contributed by atoms with E-state index >= 15 is 0 Å². The minimum Gasteiger partial charge on any atom is -0.479 e. The average Bonchev–Trinajstić information content (AvgIpc) is 3.47. The van der Waals surface area contributed by atoms with E-state index in [-0.39, 0.29) is 18.3 Å². The maximum Gasteiger partial charge on any atom is 0.234 e. The number of nitriles is 1. The van der Waals surface area contributed by atoms with E-state index in [1.54, 1.807) is 36.6 Å². The number of nitrogens with one attached hydrogen (secondary N) is 1. The van der Waals surface area contributed by atoms with E-state index in [1.807, 2.05) is 47.0 Å². The minimum absolute atomic E-state index is 0.0532. The van der Waals surface area contributed by atoms with E-state index < -0.39 is 0 Å². The lowest BCUT2D eigenvalue weighted by Crippen LogP contribution is -2.15. The lowest BCUT2D eigenvalue weighted by molar-refractivity contribution is -0.113. The fourth-order valence-corrected chi connectivity index (χ4v) is 3.74. The predicted octanol–water partition coefficient (Wildman–Crippen LogP) is 4.22. The number of anilines is 1. The van der Waals surface area contributed by atoms with Gasteiger partial charge in [-0.15, -0.1) is 10.2 Å². The van der Waals surface area contributed by atoms with Gasteiger partial charge >= 0.3 is 0 Å². The highest BCUT2D eigenvalue weighted by atomic mass is 32.2. The van der Waals surface area contributed by atoms with Gasteiger partial charge in [-0.3, -0.25) is 9.36 Å². The molecule has 0 unspecified atom stereocenters. The van der Waals surface area contributed by atoms with Crippen LogP contribution in [-0.2, 0) is 11.3 Å². The zero-order valence-electron chi connectivity index (χ0n) is 17.0. The molecule has 0 saturated carbocycles. The lowest BCUT2D eigenvalue weighted by Gasteiger charge is -2.10. The summed E-state index contributed by atoms with van der Waals surface area (Å²) in [6.45, 7) is 0.494. The molecule has 8 nitrogen and oxygen atoms in total. The fourth-order valence-electron chi connectivity index (χ4n) is 3.00. The van der Waals surface area contributed by atoms with Crippen molar-refractivity contribution in [2.24, 2.45) is 0 Å². The number of aromatic nitrogens is 3. The first-order valence-corrected chi connectivity index (χ1v) is 10.7. The quantitative estimate of drug-likeness (QED) is 0.385. The molecule has 2 aromatic carbocycles. The lowest BCUT2D eigenvalue weighted by atomic mass is 10.2. The summed E-state index contributed by atoms with van der Waals surface area (Å²) in [5, 5.41) is 20.6. The van der Waals surface area contributed by atoms with E-state index in [1.165, 1.54) is 11.8 Å². The Morgan fingerprint density at radius 1 is 1.12 bits per heavy atom. The van der Waals surface area contributed by atoms with E-state index in [9.17, 15) is 4.79 Å². The number of hydrogen-bond donors (Lipinski definition) is 1. The molecule has 0 saturated heterocycles. The van der Waals surface area contributed by atoms with Gasteiger partial charge in [0.15, 0.2) is 17.5 Å². The SMILES string of the molecule is N#CCOc1cccc(NC(=O)CSc2nnc(-c3ccco3)n2Cc2ccccc2)c1. The van der Waals surface area contributed by atoms with Crippen molar-refractivity contribution in [3.05, 3.63) is 78.6 Å². The van der Waals surface area contributed by atoms with Crippen molar-refractivity contribution in [2.75, 3.05) is 17.7 Å². The van der Waals surface area contributed by atoms with Crippen LogP contribution in [0, 0.1) is 11.3 Å². The number of thioether (sulfide) groups is 1. The van der Waals surface area contributed by atoms with Gasteiger partial charge in [0.25, 0.3) is 0 Å². The zero-order valence-corrected chi connectivity index (χ0v) is 17.8. The van der Waals surface area contributed by atoms with E-state index in [0.29, 0.717) is 34.7 Å². The number of nitrogens with zero attached hydrogens (tertiary/aromatic N) is 4. The number of furan rings is 1. The van der Waals surface area contributed by atoms with Crippen molar-refractivity contribution >= 4 is 23.4 Å². The first kappa shape index (κ1) is 21.2. The van der Waals surface area contributed by atoms with Gasteiger partial charge < -0.3 is 14.5 Å². The minimum atomic E-state index is -0.193. The van der Waals surface area contributed by atoms with Gasteiger partial charge in [0.2, 0.25) is 11.7 Å². The molecular formula is C23H19N5O3S. The highest BCUT2D eigenvalue weighted by Gasteiger charge is 2.18. The maximum absolute atomic E-state index is 12.5. The van der Waals surface area contributed by atoms with Gasteiger partial charge in [-0.05, 0) is 29.8 Å². The van der Waals surface area contributed by atoms with Crippen molar-refractivity contribution < 1.29 is 13.9 Å². The summed E-state index contributed by atoms with van der Waals surface area (Å²) < 4.78 is 12.7. The van der Waals surface area contributed by atoms with Crippen LogP contribution >= 0.6 is 11.8 Å². The first-order valence-electron chi connectivity index (χ1n) is 9.76. The standard InChI is InChI=1S/C23H19N5O3S/c24-11-13-30-19-9-4-8-18(14-19)25-21(29)16-32-23-27-26-22(20-10-5-12-31-20)28(23)15-17-6-2-1-3-7-17/h1-10,12,14H,13,15-16H2,(H,25,29). The number of benzene rings is 2. The summed E-state index contributed by atoms with van der Waals surface area (Å²) in [5.41, 5.74) is 1.67. The topological polar surface area (TPSA) is 106 Å². The second-order valence-electron chi connectivity index (χ2n) is 6.67. The molecule has 9 heteroatoms. The fraction of sp³-hybridized carbons (Fsp3) is 0.130. The molecule has 0 aliphatic carbocycles. The molecule has 2 heterocycles. The van der Waals surface area contributed by atoms with Crippen molar-refractivity contribution in [1.82, 2.24) is 14.8 Å². The van der Waals surface area contributed by atoms with E-state index in [2.05, 4.69) is 15.5 Å². The Morgan fingerprint density at radius 3 is 2.78 bits per heavy atom. The highest BCUT2D eigenvalue weighted by Crippen LogP contribution is 2.26.